The van der Waals surface area contributed by atoms with Gasteiger partial charge >= 0.3 is 6.18 Å². The van der Waals surface area contributed by atoms with Gasteiger partial charge in [0.15, 0.2) is 0 Å². The number of likely N-dealkylation sites (tertiary alicyclic amines) is 2. The molecule has 0 saturated carbocycles. The quantitative estimate of drug-likeness (QED) is 0.801. The van der Waals surface area contributed by atoms with Gasteiger partial charge in [0.05, 0.1) is 12.0 Å². The van der Waals surface area contributed by atoms with Gasteiger partial charge in [-0.2, -0.15) is 13.2 Å². The van der Waals surface area contributed by atoms with E-state index in [1.807, 2.05) is 0 Å². The molecule has 2 heterocycles. The highest BCUT2D eigenvalue weighted by Crippen LogP contribution is 2.26. The summed E-state index contributed by atoms with van der Waals surface area (Å²) >= 11 is 0. The Morgan fingerprint density at radius 2 is 2.05 bits per heavy atom. The van der Waals surface area contributed by atoms with E-state index < -0.39 is 30.7 Å². The van der Waals surface area contributed by atoms with E-state index in [1.54, 1.807) is 0 Å². The Morgan fingerprint density at radius 3 is 2.65 bits per heavy atom. The first-order chi connectivity index (χ1) is 9.26. The molecule has 0 radical (unpaired) electrons. The summed E-state index contributed by atoms with van der Waals surface area (Å²) in [5.41, 5.74) is 0. The van der Waals surface area contributed by atoms with Gasteiger partial charge in [-0.3, -0.25) is 9.59 Å². The predicted molar refractivity (Wildman–Crippen MR) is 62.6 cm³/mol. The summed E-state index contributed by atoms with van der Waals surface area (Å²) in [7, 11) is 0. The highest BCUT2D eigenvalue weighted by atomic mass is 19.4. The van der Waals surface area contributed by atoms with E-state index in [-0.39, 0.29) is 25.4 Å². The van der Waals surface area contributed by atoms with E-state index in [4.69, 9.17) is 0 Å². The van der Waals surface area contributed by atoms with Gasteiger partial charge in [-0.1, -0.05) is 0 Å². The van der Waals surface area contributed by atoms with Crippen LogP contribution in [0.25, 0.3) is 0 Å². The van der Waals surface area contributed by atoms with Crippen LogP contribution in [0.15, 0.2) is 0 Å². The largest absolute Gasteiger partial charge is 0.406 e. The number of hydrogen-bond donors (Lipinski definition) is 1. The summed E-state index contributed by atoms with van der Waals surface area (Å²) in [6, 6.07) is 0. The fourth-order valence-corrected chi connectivity index (χ4v) is 2.72. The van der Waals surface area contributed by atoms with Gasteiger partial charge in [0.1, 0.15) is 6.54 Å². The van der Waals surface area contributed by atoms with Crippen molar-refractivity contribution in [3.05, 3.63) is 0 Å². The lowest BCUT2D eigenvalue weighted by Crippen LogP contribution is -2.45. The highest BCUT2D eigenvalue weighted by molar-refractivity contribution is 5.89. The average molecular weight is 294 g/mol. The first-order valence-corrected chi connectivity index (χ1v) is 6.57. The Balaban J connectivity index is 1.94. The number of amides is 2. The number of aliphatic hydroxyl groups is 1. The molecule has 114 valence electrons. The van der Waals surface area contributed by atoms with Crippen molar-refractivity contribution in [2.24, 2.45) is 5.92 Å². The number of hydrogen-bond acceptors (Lipinski definition) is 3. The first kappa shape index (κ1) is 15.1. The first-order valence-electron chi connectivity index (χ1n) is 6.57. The molecule has 2 aliphatic rings. The third-order valence-electron chi connectivity index (χ3n) is 3.64. The van der Waals surface area contributed by atoms with E-state index in [0.717, 1.165) is 0 Å². The van der Waals surface area contributed by atoms with E-state index >= 15 is 0 Å². The Morgan fingerprint density at radius 1 is 1.35 bits per heavy atom. The minimum absolute atomic E-state index is 0.179. The Kier molecular flexibility index (Phi) is 4.22. The number of halogens is 3. The van der Waals surface area contributed by atoms with Crippen LogP contribution in [0.1, 0.15) is 19.3 Å². The van der Waals surface area contributed by atoms with Crippen molar-refractivity contribution in [1.82, 2.24) is 9.80 Å². The van der Waals surface area contributed by atoms with E-state index in [9.17, 15) is 27.9 Å². The molecule has 2 amide bonds. The lowest BCUT2D eigenvalue weighted by atomic mass is 10.0. The zero-order valence-corrected chi connectivity index (χ0v) is 10.9. The van der Waals surface area contributed by atoms with Gasteiger partial charge in [-0.15, -0.1) is 0 Å². The molecule has 0 spiro atoms. The standard InChI is InChI=1S/C12H17F3N2O3/c13-12(14,15)7-17-5-8(4-10(17)19)11(20)16-3-1-2-9(18)6-16/h8-9,18H,1-7H2. The van der Waals surface area contributed by atoms with Crippen molar-refractivity contribution in [3.8, 4) is 0 Å². The van der Waals surface area contributed by atoms with Gasteiger partial charge < -0.3 is 14.9 Å². The van der Waals surface area contributed by atoms with Crippen LogP contribution in [0.2, 0.25) is 0 Å². The van der Waals surface area contributed by atoms with Crippen LogP contribution in [0, 0.1) is 5.92 Å². The van der Waals surface area contributed by atoms with Gasteiger partial charge in [-0.05, 0) is 12.8 Å². The molecule has 2 atom stereocenters. The number of carbonyl (C=O) groups excluding carboxylic acids is 2. The average Bonchev–Trinajstić information content (AvgIpc) is 2.68. The molecule has 0 bridgehead atoms. The molecule has 1 N–H and O–H groups in total. The van der Waals surface area contributed by atoms with Crippen LogP contribution in [0.3, 0.4) is 0 Å². The fraction of sp³-hybridized carbons (Fsp3) is 0.833. The van der Waals surface area contributed by atoms with Crippen LogP contribution in [0.4, 0.5) is 13.2 Å². The third kappa shape index (κ3) is 3.62. The molecule has 2 rings (SSSR count). The molecular weight excluding hydrogens is 277 g/mol. The van der Waals surface area contributed by atoms with Crippen LogP contribution in [0.5, 0.6) is 0 Å². The topological polar surface area (TPSA) is 60.9 Å². The molecule has 20 heavy (non-hydrogen) atoms. The smallest absolute Gasteiger partial charge is 0.391 e. The van der Waals surface area contributed by atoms with Crippen LogP contribution in [-0.2, 0) is 9.59 Å². The molecule has 0 aromatic carbocycles. The predicted octanol–water partition coefficient (Wildman–Crippen LogP) is 0.380. The maximum atomic E-state index is 12.3. The summed E-state index contributed by atoms with van der Waals surface area (Å²) in [4.78, 5) is 25.8. The number of rotatable bonds is 2. The van der Waals surface area contributed by atoms with Crippen molar-refractivity contribution >= 4 is 11.8 Å². The summed E-state index contributed by atoms with van der Waals surface area (Å²) < 4.78 is 36.9. The zero-order chi connectivity index (χ0) is 14.9. The lowest BCUT2D eigenvalue weighted by molar-refractivity contribution is -0.157. The van der Waals surface area contributed by atoms with Gasteiger partial charge in [0, 0.05) is 26.1 Å². The van der Waals surface area contributed by atoms with Crippen molar-refractivity contribution in [2.75, 3.05) is 26.2 Å². The van der Waals surface area contributed by atoms with Gasteiger partial charge in [0.25, 0.3) is 0 Å². The Labute approximate surface area is 114 Å². The fourth-order valence-electron chi connectivity index (χ4n) is 2.72. The van der Waals surface area contributed by atoms with Crippen molar-refractivity contribution in [1.29, 1.82) is 0 Å². The minimum atomic E-state index is -4.45. The molecule has 0 aliphatic carbocycles. The Hall–Kier alpha value is -1.31. The van der Waals surface area contributed by atoms with Crippen LogP contribution < -0.4 is 0 Å². The van der Waals surface area contributed by atoms with Gasteiger partial charge in [0.2, 0.25) is 11.8 Å². The number of nitrogens with zero attached hydrogens (tertiary/aromatic N) is 2. The SMILES string of the molecule is O=C1CC(C(=O)N2CCCC(O)C2)CN1CC(F)(F)F. The maximum Gasteiger partial charge on any atom is 0.406 e. The number of alkyl halides is 3. The number of carbonyl (C=O) groups is 2. The summed E-state index contributed by atoms with van der Waals surface area (Å²) in [5.74, 6) is -1.70. The molecule has 2 saturated heterocycles. The molecule has 5 nitrogen and oxygen atoms in total. The number of β-amino-alcohol motifs (C(OH)–C–C–N with tert-alkyl or cyclic N) is 1. The van der Waals surface area contributed by atoms with E-state index in [0.29, 0.717) is 24.3 Å². The third-order valence-corrected chi connectivity index (χ3v) is 3.64. The van der Waals surface area contributed by atoms with Crippen molar-refractivity contribution in [2.45, 2.75) is 31.5 Å². The van der Waals surface area contributed by atoms with E-state index in [1.165, 1.54) is 4.90 Å². The van der Waals surface area contributed by atoms with Crippen molar-refractivity contribution < 1.29 is 27.9 Å². The van der Waals surface area contributed by atoms with E-state index in [2.05, 4.69) is 0 Å². The number of piperidine rings is 1. The zero-order valence-electron chi connectivity index (χ0n) is 10.9. The molecular formula is C12H17F3N2O3. The minimum Gasteiger partial charge on any atom is -0.391 e. The molecule has 2 aliphatic heterocycles. The molecule has 2 unspecified atom stereocenters. The second-order valence-corrected chi connectivity index (χ2v) is 5.37. The molecule has 2 fully saturated rings. The maximum absolute atomic E-state index is 12.3. The summed E-state index contributed by atoms with van der Waals surface area (Å²) in [5, 5.41) is 9.51. The lowest BCUT2D eigenvalue weighted by Gasteiger charge is -2.31. The molecule has 0 aromatic heterocycles. The number of aliphatic hydroxyl groups excluding tert-OH is 1. The monoisotopic (exact) mass is 294 g/mol. The second-order valence-electron chi connectivity index (χ2n) is 5.37. The van der Waals surface area contributed by atoms with Gasteiger partial charge in [-0.25, -0.2) is 0 Å². The molecule has 0 aromatic rings. The molecule has 8 heteroatoms. The summed E-state index contributed by atoms with van der Waals surface area (Å²) in [6.07, 6.45) is -3.93. The summed E-state index contributed by atoms with van der Waals surface area (Å²) in [6.45, 7) is -0.815. The normalized spacial score (nSPS) is 28.1. The Bertz CT molecular complexity index is 400. The highest BCUT2D eigenvalue weighted by Gasteiger charge is 2.42. The van der Waals surface area contributed by atoms with Crippen LogP contribution >= 0.6 is 0 Å². The second kappa shape index (κ2) is 5.59. The van der Waals surface area contributed by atoms with Crippen molar-refractivity contribution in [3.63, 3.8) is 0 Å². The van der Waals surface area contributed by atoms with Crippen LogP contribution in [-0.4, -0.2) is 65.2 Å².